The summed E-state index contributed by atoms with van der Waals surface area (Å²) in [5, 5.41) is 2.96. The molecule has 1 aliphatic heterocycles. The van der Waals surface area contributed by atoms with Gasteiger partial charge in [0.05, 0.1) is 13.3 Å². The van der Waals surface area contributed by atoms with Crippen LogP contribution in [-0.4, -0.2) is 59.2 Å². The third kappa shape index (κ3) is 6.27. The summed E-state index contributed by atoms with van der Waals surface area (Å²) >= 11 is 12.6. The van der Waals surface area contributed by atoms with E-state index in [-0.39, 0.29) is 32.7 Å². The summed E-state index contributed by atoms with van der Waals surface area (Å²) in [7, 11) is 1.42. The molecule has 11 heteroatoms. The van der Waals surface area contributed by atoms with E-state index in [2.05, 4.69) is 32.1 Å². The van der Waals surface area contributed by atoms with Gasteiger partial charge in [-0.15, -0.1) is 0 Å². The van der Waals surface area contributed by atoms with Gasteiger partial charge in [0.15, 0.2) is 5.15 Å². The first kappa shape index (κ1) is 26.0. The smallest absolute Gasteiger partial charge is 0.407 e. The molecule has 0 saturated carbocycles. The molecular weight excluding hydrogens is 481 g/mol. The number of carbonyl (C=O) groups excluding carboxylic acids is 2. The largest absolute Gasteiger partial charge is 0.480 e. The Morgan fingerprint density at radius 2 is 1.88 bits per heavy atom. The third-order valence-electron chi connectivity index (χ3n) is 5.58. The summed E-state index contributed by atoms with van der Waals surface area (Å²) in [5.41, 5.74) is -0.417. The highest BCUT2D eigenvalue weighted by Crippen LogP contribution is 2.33. The zero-order chi connectivity index (χ0) is 25.1. The fourth-order valence-corrected chi connectivity index (χ4v) is 4.08. The molecule has 184 valence electrons. The quantitative estimate of drug-likeness (QED) is 0.565. The topological polar surface area (TPSA) is 107 Å². The molecule has 34 heavy (non-hydrogen) atoms. The summed E-state index contributed by atoms with van der Waals surface area (Å²) in [6.45, 7) is 9.57. The molecule has 0 atom stereocenters. The molecule has 3 rings (SSSR count). The second-order valence-electron chi connectivity index (χ2n) is 9.53. The van der Waals surface area contributed by atoms with Gasteiger partial charge in [0.2, 0.25) is 11.7 Å². The fraction of sp³-hybridized carbons (Fsp3) is 0.522. The number of pyridine rings is 1. The minimum absolute atomic E-state index is 0.00368. The Morgan fingerprint density at radius 3 is 2.47 bits per heavy atom. The average molecular weight is 510 g/mol. The number of aromatic nitrogens is 3. The summed E-state index contributed by atoms with van der Waals surface area (Å²) in [6, 6.07) is 1.48. The van der Waals surface area contributed by atoms with Gasteiger partial charge in [0, 0.05) is 31.4 Å². The predicted molar refractivity (Wildman–Crippen MR) is 130 cm³/mol. The van der Waals surface area contributed by atoms with Crippen LogP contribution in [0, 0.1) is 5.41 Å². The van der Waals surface area contributed by atoms with Gasteiger partial charge in [-0.25, -0.2) is 19.7 Å². The maximum Gasteiger partial charge on any atom is 0.407 e. The van der Waals surface area contributed by atoms with Crippen LogP contribution in [0.25, 0.3) is 0 Å². The Labute approximate surface area is 209 Å². The van der Waals surface area contributed by atoms with Crippen molar-refractivity contribution in [2.24, 2.45) is 5.41 Å². The van der Waals surface area contributed by atoms with E-state index in [1.807, 2.05) is 20.8 Å². The zero-order valence-electron chi connectivity index (χ0n) is 19.9. The lowest BCUT2D eigenvalue weighted by Gasteiger charge is -2.40. The van der Waals surface area contributed by atoms with Crippen LogP contribution in [0.4, 0.5) is 10.6 Å². The molecule has 1 N–H and O–H groups in total. The Bertz CT molecular complexity index is 1070. The molecule has 0 spiro atoms. The van der Waals surface area contributed by atoms with Crippen molar-refractivity contribution < 1.29 is 19.1 Å². The van der Waals surface area contributed by atoms with Crippen LogP contribution in [-0.2, 0) is 4.74 Å². The maximum absolute atomic E-state index is 12.9. The molecule has 1 aliphatic rings. The number of carbonyl (C=O) groups is 2. The van der Waals surface area contributed by atoms with Crippen LogP contribution in [0.15, 0.2) is 18.5 Å². The number of amides is 1. The van der Waals surface area contributed by atoms with Gasteiger partial charge < -0.3 is 19.7 Å². The minimum atomic E-state index is -0.533. The number of hydrogen-bond donors (Lipinski definition) is 1. The SMILES string of the molecule is COc1nccc(C(=O)c2ncc(N3CCC(C)(CNC(=O)OC(C)(C)C)CC3)nc2Cl)c1Cl. The summed E-state index contributed by atoms with van der Waals surface area (Å²) in [4.78, 5) is 39.6. The lowest BCUT2D eigenvalue weighted by molar-refractivity contribution is 0.0495. The Hall–Kier alpha value is -2.65. The van der Waals surface area contributed by atoms with Crippen molar-refractivity contribution in [3.63, 3.8) is 0 Å². The van der Waals surface area contributed by atoms with E-state index in [4.69, 9.17) is 32.7 Å². The first-order chi connectivity index (χ1) is 15.9. The number of rotatable bonds is 6. The van der Waals surface area contributed by atoms with Crippen molar-refractivity contribution in [3.05, 3.63) is 39.9 Å². The lowest BCUT2D eigenvalue weighted by atomic mass is 9.80. The normalized spacial score (nSPS) is 15.6. The van der Waals surface area contributed by atoms with Crippen LogP contribution in [0.3, 0.4) is 0 Å². The summed E-state index contributed by atoms with van der Waals surface area (Å²) in [6.07, 6.45) is 4.20. The fourth-order valence-electron chi connectivity index (χ4n) is 3.58. The van der Waals surface area contributed by atoms with Gasteiger partial charge >= 0.3 is 6.09 Å². The van der Waals surface area contributed by atoms with Gasteiger partial charge in [-0.05, 0) is 45.1 Å². The van der Waals surface area contributed by atoms with E-state index in [0.29, 0.717) is 25.5 Å². The summed E-state index contributed by atoms with van der Waals surface area (Å²) in [5.74, 6) is 0.266. The van der Waals surface area contributed by atoms with Gasteiger partial charge in [-0.3, -0.25) is 4.79 Å². The van der Waals surface area contributed by atoms with Crippen molar-refractivity contribution >= 4 is 40.9 Å². The maximum atomic E-state index is 12.9. The van der Waals surface area contributed by atoms with Crippen molar-refractivity contribution in [1.82, 2.24) is 20.3 Å². The van der Waals surface area contributed by atoms with Crippen molar-refractivity contribution in [3.8, 4) is 5.88 Å². The number of nitrogens with one attached hydrogen (secondary N) is 1. The Morgan fingerprint density at radius 1 is 1.21 bits per heavy atom. The first-order valence-corrected chi connectivity index (χ1v) is 11.7. The van der Waals surface area contributed by atoms with Crippen LogP contribution in [0.2, 0.25) is 10.2 Å². The molecule has 2 aromatic heterocycles. The van der Waals surface area contributed by atoms with Crippen LogP contribution in [0.1, 0.15) is 56.6 Å². The standard InChI is InChI=1S/C23H29Cl2N5O4/c1-22(2,3)34-21(32)28-13-23(4)7-10-30(11-8-23)15-12-27-17(19(25)29-15)18(31)14-6-9-26-20(33-5)16(14)24/h6,9,12H,7-8,10-11,13H2,1-5H3,(H,28,32). The second kappa shape index (κ2) is 10.3. The first-order valence-electron chi connectivity index (χ1n) is 10.9. The number of piperidine rings is 1. The molecule has 1 fully saturated rings. The minimum Gasteiger partial charge on any atom is -0.480 e. The highest BCUT2D eigenvalue weighted by atomic mass is 35.5. The van der Waals surface area contributed by atoms with Gasteiger partial charge in [-0.2, -0.15) is 0 Å². The number of halogens is 2. The monoisotopic (exact) mass is 509 g/mol. The van der Waals surface area contributed by atoms with E-state index >= 15 is 0 Å². The van der Waals surface area contributed by atoms with Crippen LogP contribution >= 0.6 is 23.2 Å². The van der Waals surface area contributed by atoms with Gasteiger partial charge in [0.25, 0.3) is 0 Å². The molecular formula is C23H29Cl2N5O4. The van der Waals surface area contributed by atoms with E-state index in [9.17, 15) is 9.59 Å². The molecule has 0 bridgehead atoms. The second-order valence-corrected chi connectivity index (χ2v) is 10.3. The predicted octanol–water partition coefficient (Wildman–Crippen LogP) is 4.55. The number of hydrogen-bond acceptors (Lipinski definition) is 8. The van der Waals surface area contributed by atoms with Gasteiger partial charge in [0.1, 0.15) is 22.1 Å². The van der Waals surface area contributed by atoms with Crippen molar-refractivity contribution in [2.45, 2.75) is 46.1 Å². The van der Waals surface area contributed by atoms with Crippen molar-refractivity contribution in [2.75, 3.05) is 31.6 Å². The number of ketones is 1. The lowest BCUT2D eigenvalue weighted by Crippen LogP contribution is -2.46. The summed E-state index contributed by atoms with van der Waals surface area (Å²) < 4.78 is 10.4. The third-order valence-corrected chi connectivity index (χ3v) is 6.21. The van der Waals surface area contributed by atoms with Crippen LogP contribution < -0.4 is 15.0 Å². The van der Waals surface area contributed by atoms with E-state index < -0.39 is 17.5 Å². The number of ether oxygens (including phenoxy) is 2. The number of anilines is 1. The molecule has 1 amide bonds. The molecule has 1 saturated heterocycles. The van der Waals surface area contributed by atoms with Gasteiger partial charge in [-0.1, -0.05) is 30.1 Å². The molecule has 0 unspecified atom stereocenters. The zero-order valence-corrected chi connectivity index (χ0v) is 21.5. The Kier molecular flexibility index (Phi) is 7.88. The molecule has 3 heterocycles. The number of nitrogens with zero attached hydrogens (tertiary/aromatic N) is 4. The molecule has 2 aromatic rings. The van der Waals surface area contributed by atoms with E-state index in [1.165, 1.54) is 25.6 Å². The number of methoxy groups -OCH3 is 1. The number of alkyl carbamates (subject to hydrolysis) is 1. The highest BCUT2D eigenvalue weighted by molar-refractivity contribution is 6.38. The molecule has 9 nitrogen and oxygen atoms in total. The van der Waals surface area contributed by atoms with E-state index in [0.717, 1.165) is 12.8 Å². The molecule has 0 aliphatic carbocycles. The highest BCUT2D eigenvalue weighted by Gasteiger charge is 2.32. The van der Waals surface area contributed by atoms with Crippen LogP contribution in [0.5, 0.6) is 5.88 Å². The van der Waals surface area contributed by atoms with E-state index in [1.54, 1.807) is 0 Å². The Balaban J connectivity index is 1.64. The average Bonchev–Trinajstić information content (AvgIpc) is 2.77. The molecule has 0 aromatic carbocycles. The van der Waals surface area contributed by atoms with Crippen molar-refractivity contribution in [1.29, 1.82) is 0 Å². The molecule has 0 radical (unpaired) electrons.